The molecule has 0 aliphatic rings. The van der Waals surface area contributed by atoms with Gasteiger partial charge in [0, 0.05) is 40.7 Å². The molecular weight excluding hydrogens is 452 g/mol. The zero-order valence-electron chi connectivity index (χ0n) is 19.3. The van der Waals surface area contributed by atoms with Crippen molar-refractivity contribution in [2.45, 2.75) is 0 Å². The predicted molar refractivity (Wildman–Crippen MR) is 139 cm³/mol. The van der Waals surface area contributed by atoms with E-state index in [0.717, 1.165) is 27.7 Å². The van der Waals surface area contributed by atoms with Crippen molar-refractivity contribution in [3.63, 3.8) is 0 Å². The average molecular weight is 473 g/mol. The summed E-state index contributed by atoms with van der Waals surface area (Å²) in [6.45, 7) is 0. The Morgan fingerprint density at radius 3 is 2.39 bits per heavy atom. The number of rotatable bonds is 6. The summed E-state index contributed by atoms with van der Waals surface area (Å²) < 4.78 is 11.2. The van der Waals surface area contributed by atoms with Crippen LogP contribution in [0.3, 0.4) is 0 Å². The van der Waals surface area contributed by atoms with E-state index in [4.69, 9.17) is 9.47 Å². The molecule has 0 aliphatic heterocycles. The summed E-state index contributed by atoms with van der Waals surface area (Å²) in [7, 11) is 1.59. The summed E-state index contributed by atoms with van der Waals surface area (Å²) in [6.07, 6.45) is 4.99. The van der Waals surface area contributed by atoms with Gasteiger partial charge in [0.2, 0.25) is 5.88 Å². The third-order valence-electron chi connectivity index (χ3n) is 5.70. The summed E-state index contributed by atoms with van der Waals surface area (Å²) >= 11 is 0. The molecule has 0 atom stereocenters. The molecule has 0 amide bonds. The van der Waals surface area contributed by atoms with Crippen LogP contribution in [0.15, 0.2) is 97.5 Å². The quantitative estimate of drug-likeness (QED) is 0.307. The number of fused-ring (bicyclic) bond motifs is 2. The van der Waals surface area contributed by atoms with E-state index < -0.39 is 0 Å². The first-order valence-corrected chi connectivity index (χ1v) is 11.3. The van der Waals surface area contributed by atoms with E-state index in [2.05, 4.69) is 36.5 Å². The van der Waals surface area contributed by atoms with E-state index in [-0.39, 0.29) is 0 Å². The molecule has 0 spiro atoms. The maximum atomic E-state index is 6.00. The van der Waals surface area contributed by atoms with Crippen LogP contribution < -0.4 is 14.8 Å². The average Bonchev–Trinajstić information content (AvgIpc) is 2.94. The second-order valence-electron chi connectivity index (χ2n) is 7.97. The van der Waals surface area contributed by atoms with E-state index in [0.29, 0.717) is 34.2 Å². The van der Waals surface area contributed by atoms with Crippen LogP contribution in [0.25, 0.3) is 33.1 Å². The van der Waals surface area contributed by atoms with E-state index in [1.807, 2.05) is 60.7 Å². The largest absolute Gasteiger partial charge is 0.495 e. The molecule has 0 saturated carbocycles. The first-order valence-electron chi connectivity index (χ1n) is 11.3. The lowest BCUT2D eigenvalue weighted by atomic mass is 10.0. The standard InChI is InChI=1S/C28H20N6O2/c1-35-20-15-23-27(31-17-20)24(13-14-29-23)36-25-12-11-19(16-30-25)32-28-22-10-6-5-9-21(22)26(33-34-28)18-7-3-2-4-8-18/h2-17H,1H3,(H,32,34). The van der Waals surface area contributed by atoms with Gasteiger partial charge in [-0.1, -0.05) is 54.6 Å². The third kappa shape index (κ3) is 4.12. The van der Waals surface area contributed by atoms with Gasteiger partial charge in [-0.2, -0.15) is 0 Å². The number of ether oxygens (including phenoxy) is 2. The first kappa shape index (κ1) is 21.4. The molecule has 0 unspecified atom stereocenters. The minimum absolute atomic E-state index is 0.432. The molecule has 0 fully saturated rings. The SMILES string of the molecule is COc1cnc2c(Oc3ccc(Nc4nnc(-c5ccccc5)c5ccccc45)cn3)ccnc2c1. The Hall–Kier alpha value is -5.11. The number of hydrogen-bond donors (Lipinski definition) is 1. The minimum Gasteiger partial charge on any atom is -0.495 e. The Labute approximate surface area is 206 Å². The molecule has 4 aromatic heterocycles. The van der Waals surface area contributed by atoms with Crippen LogP contribution in [0.4, 0.5) is 11.5 Å². The number of hydrogen-bond acceptors (Lipinski definition) is 8. The lowest BCUT2D eigenvalue weighted by molar-refractivity contribution is 0.413. The molecule has 1 N–H and O–H groups in total. The number of aromatic nitrogens is 5. The highest BCUT2D eigenvalue weighted by atomic mass is 16.5. The highest BCUT2D eigenvalue weighted by Gasteiger charge is 2.12. The Morgan fingerprint density at radius 1 is 0.750 bits per heavy atom. The van der Waals surface area contributed by atoms with Crippen molar-refractivity contribution in [3.05, 3.63) is 97.5 Å². The van der Waals surface area contributed by atoms with Gasteiger partial charge in [0.05, 0.1) is 30.7 Å². The highest BCUT2D eigenvalue weighted by molar-refractivity contribution is 6.00. The second kappa shape index (κ2) is 9.27. The van der Waals surface area contributed by atoms with Crippen molar-refractivity contribution in [2.24, 2.45) is 0 Å². The molecule has 2 aromatic carbocycles. The van der Waals surface area contributed by atoms with Crippen LogP contribution in [-0.4, -0.2) is 32.3 Å². The van der Waals surface area contributed by atoms with Gasteiger partial charge in [-0.3, -0.25) is 4.98 Å². The van der Waals surface area contributed by atoms with E-state index in [1.165, 1.54) is 0 Å². The third-order valence-corrected chi connectivity index (χ3v) is 5.70. The fourth-order valence-corrected chi connectivity index (χ4v) is 3.95. The Bertz CT molecular complexity index is 1670. The van der Waals surface area contributed by atoms with Crippen molar-refractivity contribution < 1.29 is 9.47 Å². The van der Waals surface area contributed by atoms with Gasteiger partial charge in [0.1, 0.15) is 17.0 Å². The Kier molecular flexibility index (Phi) is 5.51. The number of methoxy groups -OCH3 is 1. The topological polar surface area (TPSA) is 94.9 Å². The summed E-state index contributed by atoms with van der Waals surface area (Å²) in [6, 6.07) is 25.3. The molecular formula is C28H20N6O2. The molecule has 6 rings (SSSR count). The van der Waals surface area contributed by atoms with Gasteiger partial charge in [-0.25, -0.2) is 9.97 Å². The fourth-order valence-electron chi connectivity index (χ4n) is 3.95. The van der Waals surface area contributed by atoms with Crippen molar-refractivity contribution >= 4 is 33.3 Å². The van der Waals surface area contributed by atoms with E-state index in [1.54, 1.807) is 37.8 Å². The van der Waals surface area contributed by atoms with E-state index in [9.17, 15) is 0 Å². The lowest BCUT2D eigenvalue weighted by Crippen LogP contribution is -2.00. The summed E-state index contributed by atoms with van der Waals surface area (Å²) in [5, 5.41) is 14.3. The first-order chi connectivity index (χ1) is 17.8. The molecule has 0 saturated heterocycles. The maximum Gasteiger partial charge on any atom is 0.219 e. The van der Waals surface area contributed by atoms with Gasteiger partial charge in [-0.15, -0.1) is 10.2 Å². The number of anilines is 2. The van der Waals surface area contributed by atoms with Crippen molar-refractivity contribution in [1.29, 1.82) is 0 Å². The van der Waals surface area contributed by atoms with Crippen LogP contribution in [0.2, 0.25) is 0 Å². The van der Waals surface area contributed by atoms with Gasteiger partial charge >= 0.3 is 0 Å². The number of nitrogens with zero attached hydrogens (tertiary/aromatic N) is 5. The molecule has 4 heterocycles. The molecule has 0 aliphatic carbocycles. The van der Waals surface area contributed by atoms with Crippen LogP contribution in [-0.2, 0) is 0 Å². The highest BCUT2D eigenvalue weighted by Crippen LogP contribution is 2.32. The smallest absolute Gasteiger partial charge is 0.219 e. The predicted octanol–water partition coefficient (Wildman–Crippen LogP) is 6.18. The fraction of sp³-hybridized carbons (Fsp3) is 0.0357. The second-order valence-corrected chi connectivity index (χ2v) is 7.97. The van der Waals surface area contributed by atoms with Crippen LogP contribution in [0, 0.1) is 0 Å². The lowest BCUT2D eigenvalue weighted by Gasteiger charge is -2.12. The Morgan fingerprint density at radius 2 is 1.58 bits per heavy atom. The summed E-state index contributed by atoms with van der Waals surface area (Å²) in [5.74, 6) is 2.28. The van der Waals surface area contributed by atoms with Crippen molar-refractivity contribution in [3.8, 4) is 28.6 Å². The van der Waals surface area contributed by atoms with Crippen molar-refractivity contribution in [2.75, 3.05) is 12.4 Å². The van der Waals surface area contributed by atoms with Crippen molar-refractivity contribution in [1.82, 2.24) is 25.1 Å². The summed E-state index contributed by atoms with van der Waals surface area (Å²) in [4.78, 5) is 13.2. The Balaban J connectivity index is 1.26. The summed E-state index contributed by atoms with van der Waals surface area (Å²) in [5.41, 5.74) is 3.93. The van der Waals surface area contributed by atoms with Crippen LogP contribution >= 0.6 is 0 Å². The minimum atomic E-state index is 0.432. The number of benzene rings is 2. The number of pyridine rings is 3. The van der Waals surface area contributed by atoms with E-state index >= 15 is 0 Å². The molecule has 0 bridgehead atoms. The molecule has 8 nitrogen and oxygen atoms in total. The molecule has 174 valence electrons. The normalized spacial score (nSPS) is 10.9. The van der Waals surface area contributed by atoms with Crippen LogP contribution in [0.1, 0.15) is 0 Å². The van der Waals surface area contributed by atoms with Gasteiger partial charge in [-0.05, 0) is 6.07 Å². The zero-order valence-corrected chi connectivity index (χ0v) is 19.3. The zero-order chi connectivity index (χ0) is 24.3. The molecule has 8 heteroatoms. The van der Waals surface area contributed by atoms with Gasteiger partial charge < -0.3 is 14.8 Å². The monoisotopic (exact) mass is 472 g/mol. The maximum absolute atomic E-state index is 6.00. The number of nitrogens with one attached hydrogen (secondary N) is 1. The molecule has 36 heavy (non-hydrogen) atoms. The molecule has 0 radical (unpaired) electrons. The van der Waals surface area contributed by atoms with Gasteiger partial charge in [0.25, 0.3) is 0 Å². The molecule has 6 aromatic rings. The van der Waals surface area contributed by atoms with Crippen LogP contribution in [0.5, 0.6) is 17.4 Å². The van der Waals surface area contributed by atoms with Gasteiger partial charge in [0.15, 0.2) is 11.6 Å².